The minimum absolute atomic E-state index is 0.365. The third-order valence-electron chi connectivity index (χ3n) is 9.98. The van der Waals surface area contributed by atoms with Crippen LogP contribution in [0.25, 0.3) is 44.8 Å². The lowest BCUT2D eigenvalue weighted by molar-refractivity contribution is 1.07. The van der Waals surface area contributed by atoms with Crippen LogP contribution in [0.3, 0.4) is 0 Å². The monoisotopic (exact) mass is 568 g/mol. The molecule has 0 saturated carbocycles. The van der Waals surface area contributed by atoms with Gasteiger partial charge in [-0.1, -0.05) is 147 Å². The molecule has 0 aliphatic heterocycles. The summed E-state index contributed by atoms with van der Waals surface area (Å²) in [7, 11) is -2.18. The maximum Gasteiger partial charge on any atom is 0.0731 e. The molecular formula is C42H36Si. The molecule has 2 aliphatic rings. The van der Waals surface area contributed by atoms with Crippen molar-refractivity contribution in [1.29, 1.82) is 0 Å². The van der Waals surface area contributed by atoms with Gasteiger partial charge in [0.2, 0.25) is 0 Å². The zero-order chi connectivity index (χ0) is 29.3. The predicted octanol–water partition coefficient (Wildman–Crippen LogP) is 11.4. The first-order valence-corrected chi connectivity index (χ1v) is 18.7. The Morgan fingerprint density at radius 2 is 0.860 bits per heavy atom. The predicted molar refractivity (Wildman–Crippen MR) is 189 cm³/mol. The number of rotatable bonds is 4. The smallest absolute Gasteiger partial charge is 0.0679 e. The van der Waals surface area contributed by atoms with Crippen molar-refractivity contribution in [3.63, 3.8) is 0 Å². The molecule has 2 unspecified atom stereocenters. The van der Waals surface area contributed by atoms with Crippen LogP contribution in [-0.2, 0) is 0 Å². The fraction of sp³-hybridized carbons (Fsp3) is 0.143. The highest BCUT2D eigenvalue weighted by atomic mass is 28.3. The summed E-state index contributed by atoms with van der Waals surface area (Å²) in [5.41, 5.74) is 14.9. The summed E-state index contributed by atoms with van der Waals surface area (Å²) >= 11 is 0. The lowest BCUT2D eigenvalue weighted by atomic mass is 9.94. The Hall–Kier alpha value is -4.46. The summed E-state index contributed by atoms with van der Waals surface area (Å²) in [5, 5.41) is 5.36. The zero-order valence-electron chi connectivity index (χ0n) is 25.4. The summed E-state index contributed by atoms with van der Waals surface area (Å²) in [6.07, 6.45) is 5.03. The van der Waals surface area contributed by atoms with Crippen LogP contribution in [0.5, 0.6) is 0 Å². The standard InChI is InChI=1S/C42H36Si/c1-27-21-29-13-5-9-17-33(29)37(23-27)39-25-31-15-7-11-19-35(31)41(39)43(3,4)42-36-20-12-8-16-32(36)26-40(42)38-24-28(2)22-30-14-6-10-18-34(30)38/h5-26,41-42H,1-4H3. The van der Waals surface area contributed by atoms with E-state index in [-0.39, 0.29) is 0 Å². The van der Waals surface area contributed by atoms with Crippen LogP contribution in [0.1, 0.15) is 55.6 Å². The van der Waals surface area contributed by atoms with E-state index in [1.165, 1.54) is 77.2 Å². The zero-order valence-corrected chi connectivity index (χ0v) is 26.4. The normalized spacial score (nSPS) is 17.6. The van der Waals surface area contributed by atoms with Gasteiger partial charge in [-0.25, -0.2) is 0 Å². The Labute approximate surface area is 256 Å². The Morgan fingerprint density at radius 1 is 0.465 bits per heavy atom. The summed E-state index contributed by atoms with van der Waals surface area (Å²) in [6, 6.07) is 45.8. The van der Waals surface area contributed by atoms with E-state index in [4.69, 9.17) is 0 Å². The van der Waals surface area contributed by atoms with Gasteiger partial charge in [0.15, 0.2) is 0 Å². The molecule has 6 aromatic carbocycles. The lowest BCUT2D eigenvalue weighted by Gasteiger charge is -2.40. The molecule has 1 heteroatoms. The van der Waals surface area contributed by atoms with Crippen LogP contribution >= 0.6 is 0 Å². The van der Waals surface area contributed by atoms with Crippen molar-refractivity contribution in [2.45, 2.75) is 38.0 Å². The molecule has 0 fully saturated rings. The second-order valence-corrected chi connectivity index (χ2v) is 18.0. The van der Waals surface area contributed by atoms with E-state index < -0.39 is 8.07 Å². The molecule has 2 atom stereocenters. The van der Waals surface area contributed by atoms with E-state index in [0.717, 1.165) is 0 Å². The van der Waals surface area contributed by atoms with Gasteiger partial charge in [-0.15, -0.1) is 0 Å². The molecule has 208 valence electrons. The quantitative estimate of drug-likeness (QED) is 0.186. The number of hydrogen-bond donors (Lipinski definition) is 0. The molecule has 0 spiro atoms. The van der Waals surface area contributed by atoms with Gasteiger partial charge in [-0.2, -0.15) is 0 Å². The fourth-order valence-electron chi connectivity index (χ4n) is 8.28. The Balaban J connectivity index is 1.37. The molecule has 0 heterocycles. The van der Waals surface area contributed by atoms with Gasteiger partial charge in [0, 0.05) is 11.1 Å². The van der Waals surface area contributed by atoms with Crippen molar-refractivity contribution in [2.24, 2.45) is 0 Å². The molecular weight excluding hydrogens is 533 g/mol. The van der Waals surface area contributed by atoms with Crippen LogP contribution in [-0.4, -0.2) is 8.07 Å². The lowest BCUT2D eigenvalue weighted by Crippen LogP contribution is -2.42. The van der Waals surface area contributed by atoms with E-state index in [9.17, 15) is 0 Å². The van der Waals surface area contributed by atoms with Gasteiger partial charge >= 0.3 is 0 Å². The van der Waals surface area contributed by atoms with Crippen LogP contribution in [0.2, 0.25) is 13.1 Å². The van der Waals surface area contributed by atoms with Gasteiger partial charge in [0.25, 0.3) is 0 Å². The largest absolute Gasteiger partial charge is 0.0731 e. The maximum absolute atomic E-state index is 2.66. The van der Waals surface area contributed by atoms with Crippen molar-refractivity contribution in [2.75, 3.05) is 0 Å². The Morgan fingerprint density at radius 3 is 1.33 bits per heavy atom. The molecule has 0 radical (unpaired) electrons. The molecule has 8 rings (SSSR count). The second kappa shape index (κ2) is 9.79. The number of hydrogen-bond acceptors (Lipinski definition) is 0. The van der Waals surface area contributed by atoms with Crippen molar-refractivity contribution in [1.82, 2.24) is 0 Å². The van der Waals surface area contributed by atoms with Crippen molar-refractivity contribution in [3.8, 4) is 0 Å². The first kappa shape index (κ1) is 26.2. The Bertz CT molecular complexity index is 1990. The topological polar surface area (TPSA) is 0 Å². The van der Waals surface area contributed by atoms with E-state index >= 15 is 0 Å². The van der Waals surface area contributed by atoms with Crippen LogP contribution in [0.15, 0.2) is 121 Å². The summed E-state index contributed by atoms with van der Waals surface area (Å²) in [4.78, 5) is 0. The highest BCUT2D eigenvalue weighted by Gasteiger charge is 2.49. The van der Waals surface area contributed by atoms with Crippen LogP contribution in [0.4, 0.5) is 0 Å². The minimum Gasteiger partial charge on any atom is -0.0679 e. The fourth-order valence-corrected chi connectivity index (χ4v) is 12.8. The number of fused-ring (bicyclic) bond motifs is 4. The van der Waals surface area contributed by atoms with Crippen LogP contribution < -0.4 is 0 Å². The molecule has 0 aromatic heterocycles. The van der Waals surface area contributed by atoms with E-state index in [2.05, 4.69) is 160 Å². The molecule has 43 heavy (non-hydrogen) atoms. The van der Waals surface area contributed by atoms with E-state index in [0.29, 0.717) is 11.1 Å². The maximum atomic E-state index is 2.66. The van der Waals surface area contributed by atoms with E-state index in [1.807, 2.05) is 0 Å². The first-order chi connectivity index (χ1) is 20.9. The van der Waals surface area contributed by atoms with Crippen molar-refractivity contribution < 1.29 is 0 Å². The number of aryl methyl sites for hydroxylation is 2. The molecule has 6 aromatic rings. The molecule has 0 amide bonds. The van der Waals surface area contributed by atoms with Gasteiger partial charge in [0.1, 0.15) is 0 Å². The summed E-state index contributed by atoms with van der Waals surface area (Å²) in [6.45, 7) is 9.80. The summed E-state index contributed by atoms with van der Waals surface area (Å²) < 4.78 is 0. The third-order valence-corrected chi connectivity index (χ3v) is 14.2. The van der Waals surface area contributed by atoms with Gasteiger partial charge < -0.3 is 0 Å². The van der Waals surface area contributed by atoms with Crippen molar-refractivity contribution in [3.05, 3.63) is 166 Å². The van der Waals surface area contributed by atoms with Gasteiger partial charge in [-0.05, 0) is 91.0 Å². The molecule has 0 N–H and O–H groups in total. The third kappa shape index (κ3) is 4.10. The number of allylic oxidation sites excluding steroid dienone is 2. The van der Waals surface area contributed by atoms with Crippen molar-refractivity contribution >= 4 is 52.9 Å². The van der Waals surface area contributed by atoms with Crippen LogP contribution in [0, 0.1) is 13.8 Å². The average molecular weight is 569 g/mol. The average Bonchev–Trinajstić information content (AvgIpc) is 3.60. The Kier molecular flexibility index (Phi) is 5.96. The SMILES string of the molecule is Cc1cc(C2=Cc3ccccc3C2[Si](C)(C)C2C(c3cc(C)cc4ccccc34)=Cc3ccccc32)c2ccccc2c1. The molecule has 0 nitrogen and oxygen atoms in total. The van der Waals surface area contributed by atoms with Gasteiger partial charge in [-0.3, -0.25) is 0 Å². The molecule has 0 bridgehead atoms. The molecule has 0 saturated heterocycles. The molecule has 2 aliphatic carbocycles. The van der Waals surface area contributed by atoms with Gasteiger partial charge in [0.05, 0.1) is 8.07 Å². The van der Waals surface area contributed by atoms with E-state index in [1.54, 1.807) is 0 Å². The minimum atomic E-state index is -2.18. The number of benzene rings is 6. The first-order valence-electron chi connectivity index (χ1n) is 15.5. The summed E-state index contributed by atoms with van der Waals surface area (Å²) in [5.74, 6) is 0. The second-order valence-electron chi connectivity index (χ2n) is 13.2. The highest BCUT2D eigenvalue weighted by molar-refractivity contribution is 6.84. The highest BCUT2D eigenvalue weighted by Crippen LogP contribution is 2.57.